The number of aliphatic carboxylic acids is 1. The molecule has 0 saturated carbocycles. The molecule has 1 saturated heterocycles. The lowest BCUT2D eigenvalue weighted by atomic mass is 10.0. The monoisotopic (exact) mass is 335 g/mol. The molecule has 3 heterocycles. The van der Waals surface area contributed by atoms with Crippen LogP contribution in [0.2, 0.25) is 0 Å². The number of carbonyl (C=O) groups is 2. The molecule has 1 aromatic heterocycles. The molecule has 2 aliphatic heterocycles. The number of hydrogen-bond acceptors (Lipinski definition) is 5. The van der Waals surface area contributed by atoms with Crippen LogP contribution in [-0.4, -0.2) is 49.0 Å². The van der Waals surface area contributed by atoms with Crippen molar-refractivity contribution in [1.29, 1.82) is 0 Å². The average molecular weight is 335 g/mol. The van der Waals surface area contributed by atoms with Gasteiger partial charge in [0.05, 0.1) is 4.99 Å². The zero-order valence-electron chi connectivity index (χ0n) is 11.4. The summed E-state index contributed by atoms with van der Waals surface area (Å²) < 4.78 is 0. The topological polar surface area (TPSA) is 82.5 Å². The highest BCUT2D eigenvalue weighted by molar-refractivity contribution is 8.00. The van der Waals surface area contributed by atoms with Crippen LogP contribution in [0, 0.1) is 0 Å². The standard InChI is InChI=1S/C14H13N3O3S2/c18-12-11(13-17(12)9(14(19)20)3-6-22-13)16-10(21)7-8-1-4-15-5-2-8/h1-5,11,13H,6-7H2,(H,16,21)(H,19,20)/t11-,13-/m1/s1. The molecule has 1 aromatic rings. The summed E-state index contributed by atoms with van der Waals surface area (Å²) in [6.07, 6.45) is 5.47. The van der Waals surface area contributed by atoms with E-state index in [1.165, 1.54) is 16.7 Å². The van der Waals surface area contributed by atoms with Gasteiger partial charge < -0.3 is 10.4 Å². The smallest absolute Gasteiger partial charge is 0.352 e. The number of thioether (sulfide) groups is 1. The van der Waals surface area contributed by atoms with Crippen molar-refractivity contribution in [1.82, 2.24) is 15.2 Å². The van der Waals surface area contributed by atoms with Crippen LogP contribution in [0.3, 0.4) is 0 Å². The van der Waals surface area contributed by atoms with Crippen molar-refractivity contribution in [3.8, 4) is 0 Å². The van der Waals surface area contributed by atoms with E-state index in [0.717, 1.165) is 5.56 Å². The zero-order chi connectivity index (χ0) is 15.7. The first-order chi connectivity index (χ1) is 10.6. The fraction of sp³-hybridized carbons (Fsp3) is 0.286. The number of nitrogens with zero attached hydrogens (tertiary/aromatic N) is 2. The minimum atomic E-state index is -1.07. The van der Waals surface area contributed by atoms with E-state index in [0.29, 0.717) is 17.2 Å². The summed E-state index contributed by atoms with van der Waals surface area (Å²) in [4.78, 5) is 29.1. The summed E-state index contributed by atoms with van der Waals surface area (Å²) in [5.74, 6) is -0.745. The van der Waals surface area contributed by atoms with Gasteiger partial charge in [0.2, 0.25) is 0 Å². The highest BCUT2D eigenvalue weighted by atomic mass is 32.2. The van der Waals surface area contributed by atoms with E-state index in [2.05, 4.69) is 10.3 Å². The third kappa shape index (κ3) is 2.71. The van der Waals surface area contributed by atoms with Crippen LogP contribution in [0.25, 0.3) is 0 Å². The molecule has 0 bridgehead atoms. The van der Waals surface area contributed by atoms with Gasteiger partial charge in [-0.2, -0.15) is 0 Å². The molecule has 0 unspecified atom stereocenters. The van der Waals surface area contributed by atoms with Gasteiger partial charge in [-0.1, -0.05) is 12.2 Å². The second-order valence-electron chi connectivity index (χ2n) is 4.90. The Morgan fingerprint density at radius 2 is 2.23 bits per heavy atom. The maximum absolute atomic E-state index is 12.2. The van der Waals surface area contributed by atoms with Gasteiger partial charge in [-0.05, 0) is 23.8 Å². The molecule has 2 N–H and O–H groups in total. The van der Waals surface area contributed by atoms with E-state index in [9.17, 15) is 9.59 Å². The molecule has 1 fully saturated rings. The lowest BCUT2D eigenvalue weighted by molar-refractivity contribution is -0.148. The number of pyridine rings is 1. The van der Waals surface area contributed by atoms with Gasteiger partial charge in [-0.3, -0.25) is 14.7 Å². The van der Waals surface area contributed by atoms with Crippen molar-refractivity contribution in [2.75, 3.05) is 5.75 Å². The second-order valence-corrected chi connectivity index (χ2v) is 6.55. The molecule has 2 atom stereocenters. The average Bonchev–Trinajstić information content (AvgIpc) is 2.52. The Kier molecular flexibility index (Phi) is 4.12. The van der Waals surface area contributed by atoms with E-state index < -0.39 is 12.0 Å². The zero-order valence-corrected chi connectivity index (χ0v) is 13.1. The maximum atomic E-state index is 12.2. The van der Waals surface area contributed by atoms with Crippen molar-refractivity contribution in [2.45, 2.75) is 17.8 Å². The van der Waals surface area contributed by atoms with E-state index >= 15 is 0 Å². The van der Waals surface area contributed by atoms with Crippen LogP contribution >= 0.6 is 24.0 Å². The molecule has 0 aliphatic carbocycles. The van der Waals surface area contributed by atoms with Gasteiger partial charge in [0.1, 0.15) is 17.1 Å². The van der Waals surface area contributed by atoms with Crippen LogP contribution in [0.5, 0.6) is 0 Å². The summed E-state index contributed by atoms with van der Waals surface area (Å²) in [6, 6.07) is 3.27. The Bertz CT molecular complexity index is 663. The molecule has 0 radical (unpaired) electrons. The lowest BCUT2D eigenvalue weighted by Crippen LogP contribution is -2.70. The van der Waals surface area contributed by atoms with Crippen LogP contribution in [-0.2, 0) is 16.0 Å². The number of aromatic nitrogens is 1. The first kappa shape index (κ1) is 15.0. The Morgan fingerprint density at radius 1 is 1.50 bits per heavy atom. The van der Waals surface area contributed by atoms with Crippen LogP contribution in [0.15, 0.2) is 36.3 Å². The van der Waals surface area contributed by atoms with Gasteiger partial charge in [0.15, 0.2) is 0 Å². The number of hydrogen-bond donors (Lipinski definition) is 2. The molecule has 0 spiro atoms. The molecule has 22 heavy (non-hydrogen) atoms. The highest BCUT2D eigenvalue weighted by Crippen LogP contribution is 2.37. The molecule has 0 aromatic carbocycles. The Balaban J connectivity index is 1.63. The first-order valence-corrected chi connectivity index (χ1v) is 8.10. The third-order valence-electron chi connectivity index (χ3n) is 3.50. The number of nitrogens with one attached hydrogen (secondary N) is 1. The molecule has 114 valence electrons. The number of carboxylic acids is 1. The van der Waals surface area contributed by atoms with E-state index in [1.807, 2.05) is 12.1 Å². The predicted molar refractivity (Wildman–Crippen MR) is 86.3 cm³/mol. The fourth-order valence-electron chi connectivity index (χ4n) is 2.45. The number of thiocarbonyl (C=S) groups is 1. The molecule has 2 aliphatic rings. The molecule has 6 nitrogen and oxygen atoms in total. The normalized spacial score (nSPS) is 23.2. The van der Waals surface area contributed by atoms with Gasteiger partial charge >= 0.3 is 5.97 Å². The molecule has 8 heteroatoms. The van der Waals surface area contributed by atoms with Gasteiger partial charge in [-0.15, -0.1) is 11.8 Å². The number of β-lactam (4-membered cyclic amide) rings is 1. The van der Waals surface area contributed by atoms with E-state index in [-0.39, 0.29) is 17.0 Å². The summed E-state index contributed by atoms with van der Waals surface area (Å²) in [5.41, 5.74) is 1.07. The Morgan fingerprint density at radius 3 is 2.91 bits per heavy atom. The van der Waals surface area contributed by atoms with Gasteiger partial charge in [-0.25, -0.2) is 4.79 Å². The third-order valence-corrected chi connectivity index (χ3v) is 4.94. The number of rotatable bonds is 4. The minimum Gasteiger partial charge on any atom is -0.477 e. The van der Waals surface area contributed by atoms with Gasteiger partial charge in [0.25, 0.3) is 5.91 Å². The van der Waals surface area contributed by atoms with E-state index in [4.69, 9.17) is 17.3 Å². The van der Waals surface area contributed by atoms with Crippen LogP contribution in [0.4, 0.5) is 0 Å². The van der Waals surface area contributed by atoms with Crippen molar-refractivity contribution < 1.29 is 14.7 Å². The molecular formula is C14H13N3O3S2. The Hall–Kier alpha value is -1.93. The quantitative estimate of drug-likeness (QED) is 0.622. The van der Waals surface area contributed by atoms with Crippen LogP contribution < -0.4 is 5.32 Å². The molecule has 3 rings (SSSR count). The summed E-state index contributed by atoms with van der Waals surface area (Å²) in [7, 11) is 0. The van der Waals surface area contributed by atoms with Gasteiger partial charge in [0, 0.05) is 24.6 Å². The number of fused-ring (bicyclic) bond motifs is 1. The second kappa shape index (κ2) is 6.05. The number of amides is 1. The minimum absolute atomic E-state index is 0.0619. The SMILES string of the molecule is O=C(O)C1=CCS[C@@H]2[C@H](NC(=S)Cc3ccncc3)C(=O)N12. The largest absolute Gasteiger partial charge is 0.477 e. The number of carbonyl (C=O) groups excluding carboxylic acids is 1. The summed E-state index contributed by atoms with van der Waals surface area (Å²) in [6.45, 7) is 0. The Labute approximate surface area is 136 Å². The molecular weight excluding hydrogens is 322 g/mol. The van der Waals surface area contributed by atoms with E-state index in [1.54, 1.807) is 18.5 Å². The predicted octanol–water partition coefficient (Wildman–Crippen LogP) is 0.793. The van der Waals surface area contributed by atoms with Crippen LogP contribution in [0.1, 0.15) is 5.56 Å². The van der Waals surface area contributed by atoms with Crippen molar-refractivity contribution in [3.63, 3.8) is 0 Å². The first-order valence-electron chi connectivity index (χ1n) is 6.64. The fourth-order valence-corrected chi connectivity index (χ4v) is 3.94. The molecule has 1 amide bonds. The lowest BCUT2D eigenvalue weighted by Gasteiger charge is -2.48. The van der Waals surface area contributed by atoms with Crippen molar-refractivity contribution in [2.24, 2.45) is 0 Å². The number of carboxylic acid groups (broad SMARTS) is 1. The maximum Gasteiger partial charge on any atom is 0.352 e. The summed E-state index contributed by atoms with van der Waals surface area (Å²) in [5, 5.41) is 12.0. The summed E-state index contributed by atoms with van der Waals surface area (Å²) >= 11 is 6.83. The van der Waals surface area contributed by atoms with Crippen molar-refractivity contribution in [3.05, 3.63) is 41.9 Å². The van der Waals surface area contributed by atoms with Crippen molar-refractivity contribution >= 4 is 40.8 Å². The highest BCUT2D eigenvalue weighted by Gasteiger charge is 2.52.